The highest BCUT2D eigenvalue weighted by molar-refractivity contribution is 5.90. The van der Waals surface area contributed by atoms with Crippen molar-refractivity contribution in [2.75, 3.05) is 6.61 Å². The summed E-state index contributed by atoms with van der Waals surface area (Å²) in [5.41, 5.74) is 2.18. The van der Waals surface area contributed by atoms with Crippen LogP contribution >= 0.6 is 0 Å². The van der Waals surface area contributed by atoms with Crippen LogP contribution in [0.4, 0.5) is 0 Å². The zero-order valence-electron chi connectivity index (χ0n) is 21.4. The van der Waals surface area contributed by atoms with Gasteiger partial charge in [-0.2, -0.15) is 0 Å². The summed E-state index contributed by atoms with van der Waals surface area (Å²) in [7, 11) is 1.87. The van der Waals surface area contributed by atoms with Crippen LogP contribution < -0.4 is 0 Å². The second kappa shape index (κ2) is 12.2. The molecule has 1 aromatic heterocycles. The number of hydrogen-bond acceptors (Lipinski definition) is 6. The molecule has 1 N–H and O–H groups in total. The first-order valence-corrected chi connectivity index (χ1v) is 12.5. The third-order valence-corrected chi connectivity index (χ3v) is 6.95. The molecule has 0 spiro atoms. The maximum Gasteiger partial charge on any atom is 0.336 e. The van der Waals surface area contributed by atoms with Gasteiger partial charge in [0.2, 0.25) is 0 Å². The van der Waals surface area contributed by atoms with Gasteiger partial charge in [-0.15, -0.1) is 0 Å². The van der Waals surface area contributed by atoms with E-state index in [1.165, 1.54) is 11.6 Å². The van der Waals surface area contributed by atoms with Gasteiger partial charge in [-0.3, -0.25) is 0 Å². The Hall–Kier alpha value is -2.93. The lowest BCUT2D eigenvalue weighted by atomic mass is 9.65. The van der Waals surface area contributed by atoms with E-state index in [1.807, 2.05) is 23.9 Å². The van der Waals surface area contributed by atoms with Crippen LogP contribution in [0.15, 0.2) is 54.1 Å². The van der Waals surface area contributed by atoms with Gasteiger partial charge in [0.05, 0.1) is 24.2 Å². The Balaban J connectivity index is 1.89. The molecule has 7 heteroatoms. The molecule has 2 aliphatic rings. The summed E-state index contributed by atoms with van der Waals surface area (Å²) in [6, 6.07) is 0. The average molecular weight is 483 g/mol. The summed E-state index contributed by atoms with van der Waals surface area (Å²) in [5.74, 6) is -0.138. The lowest BCUT2D eigenvalue weighted by molar-refractivity contribution is -0.143. The number of aromatic nitrogens is 2. The van der Waals surface area contributed by atoms with Crippen LogP contribution in [0.1, 0.15) is 52.7 Å². The van der Waals surface area contributed by atoms with E-state index < -0.39 is 18.0 Å². The number of allylic oxidation sites excluding steroid dienone is 3. The second-order valence-corrected chi connectivity index (χ2v) is 9.82. The predicted molar refractivity (Wildman–Crippen MR) is 135 cm³/mol. The summed E-state index contributed by atoms with van der Waals surface area (Å²) in [6.45, 7) is 8.48. The van der Waals surface area contributed by atoms with Gasteiger partial charge in [0, 0.05) is 25.7 Å². The number of imidazole rings is 1. The van der Waals surface area contributed by atoms with Gasteiger partial charge in [-0.05, 0) is 56.4 Å². The molecule has 5 atom stereocenters. The largest absolute Gasteiger partial charge is 0.463 e. The molecule has 0 bridgehead atoms. The summed E-state index contributed by atoms with van der Waals surface area (Å²) in [6.07, 6.45) is 14.6. The van der Waals surface area contributed by atoms with Gasteiger partial charge in [0.15, 0.2) is 0 Å². The SMILES string of the molecule is CCOC(=O)/C1=C/[C@@H]2[C@@H](C(C)C)CC=C(C)[C@@H]2C[C@H](OC(=O)/C=C/c2cn(C)cn2)C/C=C\[C@H]1O. The van der Waals surface area contributed by atoms with Crippen LogP contribution in [0.5, 0.6) is 0 Å². The first kappa shape index (κ1) is 26.7. The number of esters is 2. The van der Waals surface area contributed by atoms with Crippen molar-refractivity contribution < 1.29 is 24.2 Å². The minimum atomic E-state index is -1.08. The van der Waals surface area contributed by atoms with Crippen LogP contribution in [0, 0.1) is 23.7 Å². The number of aliphatic hydroxyl groups is 1. The molecule has 3 rings (SSSR count). The van der Waals surface area contributed by atoms with Crippen molar-refractivity contribution in [3.8, 4) is 0 Å². The number of fused-ring (bicyclic) bond motifs is 1. The quantitative estimate of drug-likeness (QED) is 0.367. The van der Waals surface area contributed by atoms with Gasteiger partial charge in [-0.25, -0.2) is 14.6 Å². The van der Waals surface area contributed by atoms with Crippen molar-refractivity contribution in [1.29, 1.82) is 0 Å². The number of aliphatic hydroxyl groups excluding tert-OH is 1. The molecular formula is C28H38N2O5. The fourth-order valence-corrected chi connectivity index (χ4v) is 5.06. The number of hydrogen-bond donors (Lipinski definition) is 1. The molecule has 0 fully saturated rings. The maximum atomic E-state index is 12.7. The average Bonchev–Trinajstić information content (AvgIpc) is 3.22. The maximum absolute atomic E-state index is 12.7. The minimum absolute atomic E-state index is 0.0193. The van der Waals surface area contributed by atoms with Gasteiger partial charge in [0.1, 0.15) is 12.2 Å². The van der Waals surface area contributed by atoms with Gasteiger partial charge in [0.25, 0.3) is 0 Å². The Labute approximate surface area is 208 Å². The first-order chi connectivity index (χ1) is 16.7. The number of carbonyl (C=O) groups excluding carboxylic acids is 2. The summed E-state index contributed by atoms with van der Waals surface area (Å²) >= 11 is 0. The summed E-state index contributed by atoms with van der Waals surface area (Å²) in [5, 5.41) is 10.9. The molecule has 0 saturated heterocycles. The number of nitrogens with zero attached hydrogens (tertiary/aromatic N) is 2. The fraction of sp³-hybridized carbons (Fsp3) is 0.536. The number of rotatable bonds is 6. The molecule has 0 aliphatic heterocycles. The van der Waals surface area contributed by atoms with E-state index >= 15 is 0 Å². The molecule has 1 aromatic rings. The van der Waals surface area contributed by atoms with E-state index in [9.17, 15) is 14.7 Å². The van der Waals surface area contributed by atoms with Crippen molar-refractivity contribution in [2.45, 2.75) is 59.2 Å². The van der Waals surface area contributed by atoms with Gasteiger partial charge >= 0.3 is 11.9 Å². The molecule has 0 aromatic carbocycles. The minimum Gasteiger partial charge on any atom is -0.463 e. The van der Waals surface area contributed by atoms with Crippen molar-refractivity contribution in [2.24, 2.45) is 30.7 Å². The zero-order valence-corrected chi connectivity index (χ0v) is 21.4. The Morgan fingerprint density at radius 1 is 1.31 bits per heavy atom. The van der Waals surface area contributed by atoms with Crippen molar-refractivity contribution in [1.82, 2.24) is 9.55 Å². The Morgan fingerprint density at radius 2 is 2.09 bits per heavy atom. The molecule has 0 unspecified atom stereocenters. The number of aryl methyl sites for hydroxylation is 1. The molecule has 1 heterocycles. The lowest BCUT2D eigenvalue weighted by Crippen LogP contribution is -2.35. The third-order valence-electron chi connectivity index (χ3n) is 6.95. The standard InChI is InChI=1S/C28H38N2O5/c1-6-34-28(33)25-15-24-22(18(2)3)12-10-19(4)23(24)14-21(8-7-9-26(25)31)35-27(32)13-11-20-16-30(5)17-29-20/h7,9-11,13,15-18,21-24,26,31H,6,8,12,14H2,1-5H3/b9-7-,13-11+,25-15+/t21-,22-,23+,24-,26-/m1/s1. The smallest absolute Gasteiger partial charge is 0.336 e. The van der Waals surface area contributed by atoms with Crippen LogP contribution in [-0.4, -0.2) is 45.4 Å². The van der Waals surface area contributed by atoms with Crippen LogP contribution in [0.3, 0.4) is 0 Å². The van der Waals surface area contributed by atoms with Crippen molar-refractivity contribution in [3.63, 3.8) is 0 Å². The molecule has 0 radical (unpaired) electrons. The second-order valence-electron chi connectivity index (χ2n) is 9.82. The third kappa shape index (κ3) is 7.04. The molecule has 190 valence electrons. The van der Waals surface area contributed by atoms with Crippen LogP contribution in [0.25, 0.3) is 6.08 Å². The first-order valence-electron chi connectivity index (χ1n) is 12.5. The molecule has 7 nitrogen and oxygen atoms in total. The topological polar surface area (TPSA) is 90.7 Å². The molecular weight excluding hydrogens is 444 g/mol. The Kier molecular flexibility index (Phi) is 9.26. The van der Waals surface area contributed by atoms with Crippen LogP contribution in [-0.2, 0) is 26.1 Å². The monoisotopic (exact) mass is 482 g/mol. The van der Waals surface area contributed by atoms with Gasteiger partial charge in [-0.1, -0.05) is 43.7 Å². The van der Waals surface area contributed by atoms with E-state index in [4.69, 9.17) is 9.47 Å². The predicted octanol–water partition coefficient (Wildman–Crippen LogP) is 4.40. The summed E-state index contributed by atoms with van der Waals surface area (Å²) in [4.78, 5) is 29.5. The van der Waals surface area contributed by atoms with E-state index in [1.54, 1.807) is 31.5 Å². The molecule has 0 saturated carbocycles. The van der Waals surface area contributed by atoms with E-state index in [0.29, 0.717) is 30.4 Å². The molecule has 35 heavy (non-hydrogen) atoms. The fourth-order valence-electron chi connectivity index (χ4n) is 5.06. The Morgan fingerprint density at radius 3 is 2.74 bits per heavy atom. The normalized spacial score (nSPS) is 29.6. The van der Waals surface area contributed by atoms with Crippen LogP contribution in [0.2, 0.25) is 0 Å². The zero-order chi connectivity index (χ0) is 25.5. The summed E-state index contributed by atoms with van der Waals surface area (Å²) < 4.78 is 12.9. The van der Waals surface area contributed by atoms with Crippen molar-refractivity contribution >= 4 is 18.0 Å². The van der Waals surface area contributed by atoms with Crippen molar-refractivity contribution in [3.05, 3.63) is 59.7 Å². The highest BCUT2D eigenvalue weighted by Gasteiger charge is 2.37. The van der Waals surface area contributed by atoms with E-state index in [2.05, 4.69) is 31.8 Å². The highest BCUT2D eigenvalue weighted by Crippen LogP contribution is 2.43. The van der Waals surface area contributed by atoms with E-state index in [-0.39, 0.29) is 30.1 Å². The van der Waals surface area contributed by atoms with Gasteiger partial charge < -0.3 is 19.1 Å². The molecule has 2 aliphatic carbocycles. The lowest BCUT2D eigenvalue weighted by Gasteiger charge is -2.40. The highest BCUT2D eigenvalue weighted by atomic mass is 16.5. The molecule has 0 amide bonds. The van der Waals surface area contributed by atoms with E-state index in [0.717, 1.165) is 6.42 Å². The number of ether oxygens (including phenoxy) is 2. The number of carbonyl (C=O) groups is 2. The Bertz CT molecular complexity index is 1020.